The Morgan fingerprint density at radius 2 is 2.07 bits per heavy atom. The molecular formula is C16H26F3IN8O. The maximum atomic E-state index is 12.7. The molecule has 2 rings (SSSR count). The molecular weight excluding hydrogens is 504 g/mol. The van der Waals surface area contributed by atoms with E-state index in [0.29, 0.717) is 32.1 Å². The number of alkyl halides is 3. The van der Waals surface area contributed by atoms with Crippen LogP contribution in [0.5, 0.6) is 0 Å². The van der Waals surface area contributed by atoms with Crippen molar-refractivity contribution < 1.29 is 18.0 Å². The molecule has 29 heavy (non-hydrogen) atoms. The highest BCUT2D eigenvalue weighted by Gasteiger charge is 2.32. The minimum Gasteiger partial charge on any atom is -0.357 e. The van der Waals surface area contributed by atoms with Gasteiger partial charge in [-0.2, -0.15) is 13.2 Å². The van der Waals surface area contributed by atoms with Crippen LogP contribution >= 0.6 is 24.0 Å². The Balaban J connectivity index is 0.00000420. The number of guanidine groups is 1. The molecule has 13 heteroatoms. The first-order chi connectivity index (χ1) is 13.3. The van der Waals surface area contributed by atoms with Crippen molar-refractivity contribution in [1.82, 2.24) is 25.5 Å². The smallest absolute Gasteiger partial charge is 0.357 e. The third-order valence-electron chi connectivity index (χ3n) is 4.10. The van der Waals surface area contributed by atoms with Gasteiger partial charge in [-0.15, -0.1) is 24.0 Å². The summed E-state index contributed by atoms with van der Waals surface area (Å²) in [6.07, 6.45) is -1.94. The van der Waals surface area contributed by atoms with Crippen LogP contribution in [0.1, 0.15) is 25.5 Å². The second-order valence-corrected chi connectivity index (χ2v) is 6.19. The Hall–Kier alpha value is -2.06. The minimum absolute atomic E-state index is 0. The molecule has 0 aliphatic carbocycles. The van der Waals surface area contributed by atoms with Crippen molar-refractivity contribution in [2.24, 2.45) is 10.7 Å². The number of carbonyl (C=O) groups excluding carboxylic acids is 1. The summed E-state index contributed by atoms with van der Waals surface area (Å²) in [5.41, 5.74) is 4.28. The first-order valence-corrected chi connectivity index (χ1v) is 9.03. The summed E-state index contributed by atoms with van der Waals surface area (Å²) in [7, 11) is 0. The molecule has 0 spiro atoms. The van der Waals surface area contributed by atoms with Crippen molar-refractivity contribution >= 4 is 41.9 Å². The van der Waals surface area contributed by atoms with Gasteiger partial charge in [0, 0.05) is 38.4 Å². The molecule has 9 nitrogen and oxygen atoms in total. The van der Waals surface area contributed by atoms with Crippen LogP contribution in [0.4, 0.5) is 23.9 Å². The summed E-state index contributed by atoms with van der Waals surface area (Å²) in [5, 5.41) is 9.15. The highest BCUT2D eigenvalue weighted by molar-refractivity contribution is 14.0. The number of anilines is 1. The molecule has 1 aliphatic heterocycles. The molecule has 1 aromatic rings. The van der Waals surface area contributed by atoms with Gasteiger partial charge in [0.1, 0.15) is 5.69 Å². The zero-order valence-electron chi connectivity index (χ0n) is 16.0. The lowest BCUT2D eigenvalue weighted by Crippen LogP contribution is -2.50. The number of carbonyl (C=O) groups is 1. The Kier molecular flexibility index (Phi) is 10.2. The van der Waals surface area contributed by atoms with Crippen molar-refractivity contribution in [2.45, 2.75) is 32.0 Å². The van der Waals surface area contributed by atoms with Gasteiger partial charge in [0.25, 0.3) is 0 Å². The molecule has 0 radical (unpaired) electrons. The van der Waals surface area contributed by atoms with Gasteiger partial charge in [0.05, 0.1) is 6.54 Å². The van der Waals surface area contributed by atoms with E-state index in [-0.39, 0.29) is 42.5 Å². The van der Waals surface area contributed by atoms with Crippen molar-refractivity contribution in [1.29, 1.82) is 0 Å². The largest absolute Gasteiger partial charge is 0.433 e. The van der Waals surface area contributed by atoms with Crippen LogP contribution < -0.4 is 21.7 Å². The summed E-state index contributed by atoms with van der Waals surface area (Å²) in [6, 6.07) is 0.565. The van der Waals surface area contributed by atoms with E-state index >= 15 is 0 Å². The molecule has 2 heterocycles. The topological polar surface area (TPSA) is 121 Å². The Morgan fingerprint density at radius 3 is 2.66 bits per heavy atom. The number of hydrogen-bond acceptors (Lipinski definition) is 5. The second kappa shape index (κ2) is 11.8. The lowest BCUT2D eigenvalue weighted by Gasteiger charge is -2.32. The average Bonchev–Trinajstić information content (AvgIpc) is 2.65. The zero-order chi connectivity index (χ0) is 20.6. The number of amides is 2. The molecule has 1 aromatic heterocycles. The van der Waals surface area contributed by atoms with Gasteiger partial charge < -0.3 is 26.6 Å². The average molecular weight is 530 g/mol. The number of urea groups is 1. The molecule has 1 saturated heterocycles. The van der Waals surface area contributed by atoms with E-state index < -0.39 is 17.9 Å². The Labute approximate surface area is 184 Å². The van der Waals surface area contributed by atoms with E-state index in [9.17, 15) is 18.0 Å². The molecule has 5 N–H and O–H groups in total. The van der Waals surface area contributed by atoms with E-state index in [1.165, 1.54) is 0 Å². The molecule has 0 unspecified atom stereocenters. The fourth-order valence-electron chi connectivity index (χ4n) is 2.69. The minimum atomic E-state index is -4.51. The third kappa shape index (κ3) is 8.45. The lowest BCUT2D eigenvalue weighted by molar-refractivity contribution is -0.141. The highest BCUT2D eigenvalue weighted by atomic mass is 127. The monoisotopic (exact) mass is 530 g/mol. The van der Waals surface area contributed by atoms with Crippen molar-refractivity contribution in [2.75, 3.05) is 38.0 Å². The van der Waals surface area contributed by atoms with Gasteiger partial charge in [-0.3, -0.25) is 4.99 Å². The molecule has 0 aromatic carbocycles. The second-order valence-electron chi connectivity index (χ2n) is 6.19. The van der Waals surface area contributed by atoms with E-state index in [1.54, 1.807) is 4.90 Å². The standard InChI is InChI=1S/C16H25F3N8O.HI/c1-2-21-14(25-11-4-9-27(10-5-11)13(20)28)23-7-8-24-15-22-6-3-12(26-15)16(17,18)19;/h3,6,11H,2,4-5,7-10H2,1H3,(H2,20,28)(H2,21,23,25)(H,22,24,26);1H. The van der Waals surface area contributed by atoms with E-state index in [1.807, 2.05) is 6.92 Å². The fraction of sp³-hybridized carbons (Fsp3) is 0.625. The van der Waals surface area contributed by atoms with Gasteiger partial charge >= 0.3 is 12.2 Å². The predicted molar refractivity (Wildman–Crippen MR) is 114 cm³/mol. The van der Waals surface area contributed by atoms with Crippen LogP contribution in [0.25, 0.3) is 0 Å². The third-order valence-corrected chi connectivity index (χ3v) is 4.10. The van der Waals surface area contributed by atoms with E-state index in [4.69, 9.17) is 5.73 Å². The van der Waals surface area contributed by atoms with E-state index in [2.05, 4.69) is 30.9 Å². The summed E-state index contributed by atoms with van der Waals surface area (Å²) >= 11 is 0. The van der Waals surface area contributed by atoms with Crippen LogP contribution in [0.3, 0.4) is 0 Å². The molecule has 0 atom stereocenters. The van der Waals surface area contributed by atoms with Gasteiger partial charge in [-0.1, -0.05) is 0 Å². The SMILES string of the molecule is CCNC(=NCCNc1nccc(C(F)(F)F)n1)NC1CCN(C(N)=O)CC1.I. The number of aliphatic imine (C=N–C) groups is 1. The predicted octanol–water partition coefficient (Wildman–Crippen LogP) is 1.62. The van der Waals surface area contributed by atoms with Gasteiger partial charge in [-0.25, -0.2) is 14.8 Å². The van der Waals surface area contributed by atoms with Crippen molar-refractivity contribution in [3.8, 4) is 0 Å². The number of primary amides is 1. The number of likely N-dealkylation sites (tertiary alicyclic amines) is 1. The number of rotatable bonds is 6. The van der Waals surface area contributed by atoms with Gasteiger partial charge in [0.15, 0.2) is 5.96 Å². The summed E-state index contributed by atoms with van der Waals surface area (Å²) in [6.45, 7) is 4.35. The quantitative estimate of drug-likeness (QED) is 0.192. The number of piperidine rings is 1. The van der Waals surface area contributed by atoms with Crippen LogP contribution in [0.15, 0.2) is 17.3 Å². The van der Waals surface area contributed by atoms with Crippen LogP contribution in [-0.4, -0.2) is 65.6 Å². The molecule has 0 bridgehead atoms. The lowest BCUT2D eigenvalue weighted by atomic mass is 10.1. The summed E-state index contributed by atoms with van der Waals surface area (Å²) < 4.78 is 38.0. The Bertz CT molecular complexity index is 680. The first-order valence-electron chi connectivity index (χ1n) is 9.03. The van der Waals surface area contributed by atoms with Gasteiger partial charge in [0.2, 0.25) is 5.95 Å². The summed E-state index contributed by atoms with van der Waals surface area (Å²) in [4.78, 5) is 24.4. The fourth-order valence-corrected chi connectivity index (χ4v) is 2.69. The highest BCUT2D eigenvalue weighted by Crippen LogP contribution is 2.27. The maximum absolute atomic E-state index is 12.7. The van der Waals surface area contributed by atoms with Crippen molar-refractivity contribution in [3.63, 3.8) is 0 Å². The Morgan fingerprint density at radius 1 is 1.38 bits per heavy atom. The molecule has 1 fully saturated rings. The first kappa shape index (κ1) is 25.0. The molecule has 1 aliphatic rings. The number of nitrogens with one attached hydrogen (secondary N) is 3. The maximum Gasteiger partial charge on any atom is 0.433 e. The molecule has 164 valence electrons. The molecule has 2 amide bonds. The molecule has 0 saturated carbocycles. The van der Waals surface area contributed by atoms with Crippen molar-refractivity contribution in [3.05, 3.63) is 18.0 Å². The number of hydrogen-bond donors (Lipinski definition) is 4. The number of halogens is 4. The number of nitrogens with zero attached hydrogens (tertiary/aromatic N) is 4. The number of aromatic nitrogens is 2. The van der Waals surface area contributed by atoms with Crippen LogP contribution in [-0.2, 0) is 6.18 Å². The van der Waals surface area contributed by atoms with E-state index in [0.717, 1.165) is 25.1 Å². The number of nitrogens with two attached hydrogens (primary N) is 1. The normalized spacial score (nSPS) is 15.4. The van der Waals surface area contributed by atoms with Crippen LogP contribution in [0.2, 0.25) is 0 Å². The van der Waals surface area contributed by atoms with Crippen LogP contribution in [0, 0.1) is 0 Å². The van der Waals surface area contributed by atoms with Gasteiger partial charge in [-0.05, 0) is 25.8 Å². The zero-order valence-corrected chi connectivity index (χ0v) is 18.3. The summed E-state index contributed by atoms with van der Waals surface area (Å²) in [5.74, 6) is 0.508.